The highest BCUT2D eigenvalue weighted by Gasteiger charge is 2.41. The Morgan fingerprint density at radius 3 is 2.21 bits per heavy atom. The van der Waals surface area contributed by atoms with E-state index in [1.807, 2.05) is 11.3 Å². The molecule has 0 aromatic carbocycles. The Bertz CT molecular complexity index is 560. The number of hydrogen-bond acceptors (Lipinski definition) is 8. The molecule has 158 valence electrons. The molecule has 0 spiro atoms. The summed E-state index contributed by atoms with van der Waals surface area (Å²) < 4.78 is 0.719. The lowest BCUT2D eigenvalue weighted by atomic mass is 9.90. The number of hydroxylamine groups is 2. The van der Waals surface area contributed by atoms with Gasteiger partial charge in [-0.15, -0.1) is 16.8 Å². The van der Waals surface area contributed by atoms with E-state index in [0.717, 1.165) is 30.1 Å². The Labute approximate surface area is 181 Å². The van der Waals surface area contributed by atoms with Crippen LogP contribution in [0.1, 0.15) is 70.6 Å². The van der Waals surface area contributed by atoms with Gasteiger partial charge in [-0.25, -0.2) is 9.80 Å². The van der Waals surface area contributed by atoms with Crippen LogP contribution in [0.5, 0.6) is 0 Å². The van der Waals surface area contributed by atoms with Crippen molar-refractivity contribution in [1.29, 1.82) is 0 Å². The molecule has 0 N–H and O–H groups in total. The molecule has 2 aliphatic carbocycles. The second kappa shape index (κ2) is 11.1. The first-order chi connectivity index (χ1) is 13.6. The van der Waals surface area contributed by atoms with Crippen molar-refractivity contribution in [2.24, 2.45) is 5.10 Å². The van der Waals surface area contributed by atoms with Gasteiger partial charge in [0.1, 0.15) is 0 Å². The van der Waals surface area contributed by atoms with Gasteiger partial charge in [0.2, 0.25) is 11.3 Å². The van der Waals surface area contributed by atoms with Crippen LogP contribution in [-0.2, 0) is 14.4 Å². The van der Waals surface area contributed by atoms with Crippen LogP contribution < -0.4 is 0 Å². The maximum atomic E-state index is 13.1. The summed E-state index contributed by atoms with van der Waals surface area (Å²) in [4.78, 5) is 31.6. The Kier molecular flexibility index (Phi) is 8.87. The number of nitrogens with zero attached hydrogens (tertiary/aromatic N) is 3. The second-order valence-electron chi connectivity index (χ2n) is 7.61. The molecule has 3 aliphatic rings. The molecule has 1 amide bonds. The molecule has 2 saturated carbocycles. The standard InChI is InChI=1S/C19H31N3O3S3/c1-27-19-20-21(16(23)12-13-26)17(28-19)18(24)25-22(14-8-4-2-5-9-14)15-10-6-3-7-11-15/h14-15,17,26H,2-13H2,1H3. The van der Waals surface area contributed by atoms with Gasteiger partial charge in [0, 0.05) is 18.5 Å². The third kappa shape index (κ3) is 5.61. The fourth-order valence-corrected chi connectivity index (χ4v) is 5.96. The summed E-state index contributed by atoms with van der Waals surface area (Å²) in [6.07, 6.45) is 13.8. The highest BCUT2D eigenvalue weighted by atomic mass is 32.2. The lowest BCUT2D eigenvalue weighted by molar-refractivity contribution is -0.225. The minimum Gasteiger partial charge on any atom is -0.365 e. The number of carbonyl (C=O) groups excluding carboxylic acids is 2. The van der Waals surface area contributed by atoms with E-state index in [4.69, 9.17) is 4.84 Å². The van der Waals surface area contributed by atoms with E-state index in [-0.39, 0.29) is 18.3 Å². The molecule has 28 heavy (non-hydrogen) atoms. The van der Waals surface area contributed by atoms with E-state index in [2.05, 4.69) is 17.7 Å². The third-order valence-electron chi connectivity index (χ3n) is 5.65. The largest absolute Gasteiger partial charge is 0.365 e. The molecule has 1 unspecified atom stereocenters. The van der Waals surface area contributed by atoms with E-state index in [9.17, 15) is 9.59 Å². The van der Waals surface area contributed by atoms with Gasteiger partial charge in [-0.05, 0) is 37.7 Å². The maximum Gasteiger partial charge on any atom is 0.360 e. The van der Waals surface area contributed by atoms with Gasteiger partial charge >= 0.3 is 5.97 Å². The van der Waals surface area contributed by atoms with Crippen LogP contribution in [0, 0.1) is 0 Å². The molecule has 1 heterocycles. The van der Waals surface area contributed by atoms with Gasteiger partial charge in [-0.3, -0.25) is 4.79 Å². The predicted octanol–water partition coefficient (Wildman–Crippen LogP) is 4.27. The van der Waals surface area contributed by atoms with Gasteiger partial charge in [0.25, 0.3) is 0 Å². The van der Waals surface area contributed by atoms with Gasteiger partial charge in [-0.1, -0.05) is 50.3 Å². The van der Waals surface area contributed by atoms with Crippen LogP contribution in [0.3, 0.4) is 0 Å². The molecule has 0 radical (unpaired) electrons. The highest BCUT2D eigenvalue weighted by molar-refractivity contribution is 8.39. The first-order valence-electron chi connectivity index (χ1n) is 10.4. The lowest BCUT2D eigenvalue weighted by Crippen LogP contribution is -2.49. The van der Waals surface area contributed by atoms with Crippen LogP contribution in [-0.4, -0.2) is 55.8 Å². The zero-order valence-corrected chi connectivity index (χ0v) is 19.1. The second-order valence-corrected chi connectivity index (χ2v) is 10.2. The average Bonchev–Trinajstić information content (AvgIpc) is 3.18. The number of rotatable bonds is 6. The number of thiol groups is 1. The Morgan fingerprint density at radius 2 is 1.71 bits per heavy atom. The molecule has 0 aromatic rings. The van der Waals surface area contributed by atoms with Crippen molar-refractivity contribution in [2.45, 2.75) is 88.1 Å². The smallest absolute Gasteiger partial charge is 0.360 e. The van der Waals surface area contributed by atoms with Gasteiger partial charge in [0.05, 0.1) is 0 Å². The van der Waals surface area contributed by atoms with Crippen molar-refractivity contribution in [3.63, 3.8) is 0 Å². The summed E-state index contributed by atoms with van der Waals surface area (Å²) in [6, 6.07) is 0.601. The molecule has 9 heteroatoms. The minimum absolute atomic E-state index is 0.185. The highest BCUT2D eigenvalue weighted by Crippen LogP contribution is 2.35. The number of amides is 1. The van der Waals surface area contributed by atoms with Crippen LogP contribution >= 0.6 is 36.2 Å². The summed E-state index contributed by atoms with van der Waals surface area (Å²) in [5.41, 5.74) is 0. The van der Waals surface area contributed by atoms with Crippen molar-refractivity contribution in [2.75, 3.05) is 12.0 Å². The van der Waals surface area contributed by atoms with E-state index in [1.54, 1.807) is 0 Å². The number of hydrazone groups is 1. The van der Waals surface area contributed by atoms with E-state index < -0.39 is 5.37 Å². The van der Waals surface area contributed by atoms with Crippen LogP contribution in [0.15, 0.2) is 5.10 Å². The summed E-state index contributed by atoms with van der Waals surface area (Å²) >= 11 is 6.90. The van der Waals surface area contributed by atoms with E-state index >= 15 is 0 Å². The van der Waals surface area contributed by atoms with Crippen molar-refractivity contribution < 1.29 is 14.4 Å². The molecule has 1 aliphatic heterocycles. The van der Waals surface area contributed by atoms with Gasteiger partial charge in [-0.2, -0.15) is 17.7 Å². The topological polar surface area (TPSA) is 62.2 Å². The maximum absolute atomic E-state index is 13.1. The molecule has 0 aromatic heterocycles. The quantitative estimate of drug-likeness (QED) is 0.487. The molecule has 2 fully saturated rings. The minimum atomic E-state index is -0.732. The molecule has 0 saturated heterocycles. The lowest BCUT2D eigenvalue weighted by Gasteiger charge is -2.40. The molecular formula is C19H31N3O3S3. The van der Waals surface area contributed by atoms with Gasteiger partial charge < -0.3 is 4.84 Å². The normalized spacial score (nSPS) is 24.5. The molecular weight excluding hydrogens is 414 g/mol. The summed E-state index contributed by atoms with van der Waals surface area (Å²) in [7, 11) is 0. The first-order valence-corrected chi connectivity index (χ1v) is 13.1. The zero-order chi connectivity index (χ0) is 19.9. The van der Waals surface area contributed by atoms with Crippen molar-refractivity contribution in [3.05, 3.63) is 0 Å². The summed E-state index contributed by atoms with van der Waals surface area (Å²) in [5, 5.41) is 6.92. The van der Waals surface area contributed by atoms with E-state index in [0.29, 0.717) is 17.8 Å². The Hall–Kier alpha value is -0.380. The zero-order valence-electron chi connectivity index (χ0n) is 16.5. The fraction of sp³-hybridized carbons (Fsp3) is 0.842. The van der Waals surface area contributed by atoms with Gasteiger partial charge in [0.15, 0.2) is 4.38 Å². The number of thioether (sulfide) groups is 2. The monoisotopic (exact) mass is 445 g/mol. The summed E-state index contributed by atoms with van der Waals surface area (Å²) in [5.74, 6) is -0.126. The molecule has 0 bridgehead atoms. The van der Waals surface area contributed by atoms with Crippen LogP contribution in [0.4, 0.5) is 0 Å². The average molecular weight is 446 g/mol. The summed E-state index contributed by atoms with van der Waals surface area (Å²) in [6.45, 7) is 0. The van der Waals surface area contributed by atoms with Crippen molar-refractivity contribution in [3.8, 4) is 0 Å². The molecule has 3 rings (SSSR count). The number of carbonyl (C=O) groups is 2. The fourth-order valence-electron chi connectivity index (χ4n) is 4.21. The predicted molar refractivity (Wildman–Crippen MR) is 119 cm³/mol. The third-order valence-corrected chi connectivity index (χ3v) is 7.99. The SMILES string of the molecule is CSC1=NN(C(=O)CCS)C(C(=O)ON(C2CCCCC2)C2CCCCC2)S1. The molecule has 1 atom stereocenters. The van der Waals surface area contributed by atoms with E-state index in [1.165, 1.54) is 67.1 Å². The van der Waals surface area contributed by atoms with Crippen molar-refractivity contribution >= 4 is 52.4 Å². The van der Waals surface area contributed by atoms with Crippen molar-refractivity contribution in [1.82, 2.24) is 10.1 Å². The Morgan fingerprint density at radius 1 is 1.14 bits per heavy atom. The Balaban J connectivity index is 1.71. The first kappa shape index (κ1) is 22.3. The van der Waals surface area contributed by atoms with Crippen LogP contribution in [0.25, 0.3) is 0 Å². The van der Waals surface area contributed by atoms with Crippen LogP contribution in [0.2, 0.25) is 0 Å². The molecule has 6 nitrogen and oxygen atoms in total. The number of hydrogen-bond donors (Lipinski definition) is 1.